The molecule has 2 aromatic heterocycles. The number of H-pyrrole nitrogens is 1. The average Bonchev–Trinajstić information content (AvgIpc) is 3.64. The van der Waals surface area contributed by atoms with Crippen LogP contribution in [0.4, 0.5) is 10.6 Å². The summed E-state index contributed by atoms with van der Waals surface area (Å²) in [5.74, 6) is -3.11. The first-order valence-electron chi connectivity index (χ1n) is 14.2. The lowest BCUT2D eigenvalue weighted by atomic mass is 9.98. The van der Waals surface area contributed by atoms with Gasteiger partial charge in [0.2, 0.25) is 19.7 Å². The molecule has 5 rings (SSSR count). The molecule has 11 nitrogen and oxygen atoms in total. The van der Waals surface area contributed by atoms with Gasteiger partial charge in [0.25, 0.3) is 0 Å². The molecule has 5 aromatic rings. The molecule has 0 aliphatic rings. The zero-order chi connectivity index (χ0) is 32.1. The normalized spacial score (nSPS) is 12.7. The van der Waals surface area contributed by atoms with Crippen LogP contribution < -0.4 is 16.0 Å². The van der Waals surface area contributed by atoms with Gasteiger partial charge in [-0.3, -0.25) is 14.4 Å². The van der Waals surface area contributed by atoms with Gasteiger partial charge in [-0.15, -0.1) is 0 Å². The van der Waals surface area contributed by atoms with E-state index >= 15 is 0 Å². The summed E-state index contributed by atoms with van der Waals surface area (Å²) >= 11 is 0. The first-order valence-corrected chi connectivity index (χ1v) is 14.2. The minimum absolute atomic E-state index is 0.0971. The van der Waals surface area contributed by atoms with E-state index in [2.05, 4.69) is 25.9 Å². The summed E-state index contributed by atoms with van der Waals surface area (Å²) in [6.45, 7) is 2.93. The Hall–Kier alpha value is -5.65. The topological polar surface area (TPSA) is 158 Å². The number of hydrogen-bond acceptors (Lipinski definition) is 5. The third-order valence-electron chi connectivity index (χ3n) is 7.44. The number of imidazole rings is 1. The Bertz CT molecular complexity index is 1850. The predicted octanol–water partition coefficient (Wildman–Crippen LogP) is 4.03. The second-order valence-corrected chi connectivity index (χ2v) is 11.1. The number of nitrogens with zero attached hydrogens (tertiary/aromatic N) is 2. The number of para-hydroxylation sites is 1. The summed E-state index contributed by atoms with van der Waals surface area (Å²) < 4.78 is 1.39. The van der Waals surface area contributed by atoms with Crippen LogP contribution in [0.15, 0.2) is 97.6 Å². The van der Waals surface area contributed by atoms with Gasteiger partial charge in [-0.2, -0.15) is 0 Å². The van der Waals surface area contributed by atoms with Crippen molar-refractivity contribution in [2.75, 3.05) is 5.32 Å². The molecule has 0 spiro atoms. The molecule has 0 saturated carbocycles. The van der Waals surface area contributed by atoms with E-state index < -0.39 is 41.2 Å². The number of aromatic nitrogens is 3. The van der Waals surface area contributed by atoms with Crippen LogP contribution in [0.25, 0.3) is 22.0 Å². The van der Waals surface area contributed by atoms with Crippen molar-refractivity contribution in [3.05, 3.63) is 109 Å². The molecule has 1 unspecified atom stereocenters. The summed E-state index contributed by atoms with van der Waals surface area (Å²) in [4.78, 5) is 57.9. The van der Waals surface area contributed by atoms with Gasteiger partial charge in [0, 0.05) is 29.7 Å². The number of rotatable bonds is 11. The number of amides is 3. The molecule has 45 heavy (non-hydrogen) atoms. The number of fused-ring (bicyclic) bond motifs is 1. The van der Waals surface area contributed by atoms with E-state index in [9.17, 15) is 24.3 Å². The van der Waals surface area contributed by atoms with Gasteiger partial charge >= 0.3 is 5.97 Å². The number of carboxylic acids is 1. The Morgan fingerprint density at radius 1 is 0.956 bits per heavy atom. The summed E-state index contributed by atoms with van der Waals surface area (Å²) in [6.07, 6.45) is 4.62. The number of benzene rings is 3. The second kappa shape index (κ2) is 12.9. The van der Waals surface area contributed by atoms with Crippen LogP contribution in [0.1, 0.15) is 31.0 Å². The van der Waals surface area contributed by atoms with E-state index in [1.165, 1.54) is 30.9 Å². The molecule has 0 fully saturated rings. The zero-order valence-electron chi connectivity index (χ0n) is 24.7. The van der Waals surface area contributed by atoms with Crippen molar-refractivity contribution in [3.8, 4) is 11.1 Å². The summed E-state index contributed by atoms with van der Waals surface area (Å²) in [7, 11) is 5.24. The Labute approximate surface area is 260 Å². The molecule has 2 heterocycles. The van der Waals surface area contributed by atoms with Gasteiger partial charge < -0.3 is 30.6 Å². The van der Waals surface area contributed by atoms with E-state index in [1.54, 1.807) is 18.3 Å². The predicted molar refractivity (Wildman–Crippen MR) is 171 cm³/mol. The van der Waals surface area contributed by atoms with Gasteiger partial charge in [0.1, 0.15) is 11.6 Å². The number of anilines is 1. The molecular weight excluding hydrogens is 571 g/mol. The maximum atomic E-state index is 13.6. The first-order chi connectivity index (χ1) is 21.5. The minimum Gasteiger partial charge on any atom is -0.479 e. The van der Waals surface area contributed by atoms with Crippen LogP contribution in [-0.4, -0.2) is 62.7 Å². The number of carbonyl (C=O) groups is 4. The van der Waals surface area contributed by atoms with E-state index in [0.29, 0.717) is 5.56 Å². The van der Waals surface area contributed by atoms with Crippen molar-refractivity contribution in [2.45, 2.75) is 37.9 Å². The smallest absolute Gasteiger partial charge is 0.331 e. The monoisotopic (exact) mass is 602 g/mol. The SMILES string of the molecule is [B]C(=O)NC(C)(C)C(=O)N[C@H](Cc1c[nH]c2ccccc12)C(=O)Nc1cn(C(C(=O)O)c2ccc(-c3ccccc3)cc2)cn1. The van der Waals surface area contributed by atoms with Crippen molar-refractivity contribution in [2.24, 2.45) is 0 Å². The van der Waals surface area contributed by atoms with Crippen molar-refractivity contribution in [3.63, 3.8) is 0 Å². The number of carbonyl (C=O) groups excluding carboxylic acids is 3. The molecule has 3 aromatic carbocycles. The lowest BCUT2D eigenvalue weighted by molar-refractivity contribution is -0.139. The number of nitrogens with one attached hydrogen (secondary N) is 4. The van der Waals surface area contributed by atoms with Crippen LogP contribution in [0, 0.1) is 0 Å². The molecule has 3 amide bonds. The quantitative estimate of drug-likeness (QED) is 0.144. The molecule has 0 saturated heterocycles. The number of hydrogen-bond donors (Lipinski definition) is 5. The fourth-order valence-corrected chi connectivity index (χ4v) is 5.12. The van der Waals surface area contributed by atoms with Crippen LogP contribution in [0.3, 0.4) is 0 Å². The van der Waals surface area contributed by atoms with Gasteiger partial charge in [-0.1, -0.05) is 72.8 Å². The number of aliphatic carboxylic acids is 1. The molecule has 0 aliphatic heterocycles. The standard InChI is InChI=1S/C33H31BN6O5/c1-33(2,39-32(34)45)31(44)37-26(16-23-17-35-25-11-7-6-10-24(23)25)29(41)38-27-18-40(19-36-27)28(30(42)43)22-14-12-21(13-15-22)20-8-4-3-5-9-20/h3-15,17-19,26,28,35H,16H2,1-2H3,(H,37,44)(H,38,41)(H,39,45)(H,42,43)/t26-,28?/m1/s1. The summed E-state index contributed by atoms with van der Waals surface area (Å²) in [5.41, 5.74) is 2.71. The van der Waals surface area contributed by atoms with Crippen LogP contribution in [0.2, 0.25) is 0 Å². The molecule has 12 heteroatoms. The van der Waals surface area contributed by atoms with Crippen LogP contribution >= 0.6 is 0 Å². The number of aromatic amines is 1. The Kier molecular flexibility index (Phi) is 8.85. The molecule has 0 aliphatic carbocycles. The Morgan fingerprint density at radius 3 is 2.31 bits per heavy atom. The van der Waals surface area contributed by atoms with Gasteiger partial charge in [-0.25, -0.2) is 9.78 Å². The third kappa shape index (κ3) is 7.12. The summed E-state index contributed by atoms with van der Waals surface area (Å²) in [5, 5.41) is 18.8. The van der Waals surface area contributed by atoms with E-state index in [0.717, 1.165) is 27.6 Å². The fourth-order valence-electron chi connectivity index (χ4n) is 5.12. The van der Waals surface area contributed by atoms with Crippen LogP contribution in [-0.2, 0) is 20.8 Å². The molecule has 0 bridgehead atoms. The van der Waals surface area contributed by atoms with Gasteiger partial charge in [-0.05, 0) is 42.2 Å². The van der Waals surface area contributed by atoms with Crippen molar-refractivity contribution < 1.29 is 24.3 Å². The summed E-state index contributed by atoms with van der Waals surface area (Å²) in [6, 6.07) is 22.3. The largest absolute Gasteiger partial charge is 0.479 e. The molecule has 226 valence electrons. The van der Waals surface area contributed by atoms with E-state index in [-0.39, 0.29) is 12.2 Å². The van der Waals surface area contributed by atoms with Crippen molar-refractivity contribution in [1.29, 1.82) is 0 Å². The lowest BCUT2D eigenvalue weighted by Crippen LogP contribution is -2.58. The van der Waals surface area contributed by atoms with E-state index in [1.807, 2.05) is 66.7 Å². The van der Waals surface area contributed by atoms with Gasteiger partial charge in [0.05, 0.1) is 6.33 Å². The Balaban J connectivity index is 1.37. The van der Waals surface area contributed by atoms with E-state index in [4.69, 9.17) is 7.85 Å². The highest BCUT2D eigenvalue weighted by molar-refractivity contribution is 6.57. The Morgan fingerprint density at radius 2 is 1.62 bits per heavy atom. The fraction of sp³-hybridized carbons (Fsp3) is 0.182. The average molecular weight is 602 g/mol. The zero-order valence-corrected chi connectivity index (χ0v) is 24.7. The molecule has 2 radical (unpaired) electrons. The maximum Gasteiger partial charge on any atom is 0.331 e. The molecule has 2 atom stereocenters. The first kappa shape index (κ1) is 30.8. The minimum atomic E-state index is -1.41. The lowest BCUT2D eigenvalue weighted by Gasteiger charge is -2.27. The molecule has 5 N–H and O–H groups in total. The second-order valence-electron chi connectivity index (χ2n) is 11.1. The number of carboxylic acid groups (broad SMARTS) is 1. The van der Waals surface area contributed by atoms with Crippen molar-refractivity contribution >= 4 is 48.2 Å². The molecular formula is C33H31BN6O5. The third-order valence-corrected chi connectivity index (χ3v) is 7.44. The van der Waals surface area contributed by atoms with Crippen LogP contribution in [0.5, 0.6) is 0 Å². The maximum absolute atomic E-state index is 13.6. The highest BCUT2D eigenvalue weighted by Gasteiger charge is 2.33. The van der Waals surface area contributed by atoms with Crippen molar-refractivity contribution in [1.82, 2.24) is 25.2 Å². The highest BCUT2D eigenvalue weighted by atomic mass is 16.4. The van der Waals surface area contributed by atoms with Gasteiger partial charge in [0.15, 0.2) is 17.7 Å². The highest BCUT2D eigenvalue weighted by Crippen LogP contribution is 2.25.